The molecule has 0 aliphatic carbocycles. The van der Waals surface area contributed by atoms with E-state index >= 15 is 0 Å². The van der Waals surface area contributed by atoms with Crippen LogP contribution in [0.15, 0.2) is 146 Å². The largest absolute Gasteiger partial charge is 2.00 e. The second-order valence-electron chi connectivity index (χ2n) is 13.0. The first-order valence-electron chi connectivity index (χ1n) is 16.8. The normalized spacial score (nSPS) is 11.0. The molecule has 8 aromatic rings. The van der Waals surface area contributed by atoms with Crippen LogP contribution in [0.5, 0.6) is 0 Å². The van der Waals surface area contributed by atoms with Crippen LogP contribution in [0, 0.1) is 0 Å². The average molecular weight is 716 g/mol. The SMILES string of the molecule is CC(C)c1[cH-]c2ccccc2c1-c1cccc2ccccc12.CC(C)c1[cH-]c2ccccc2c1-c1cccc2ccccc12.C[Si]C.[Zr+2]. The number of rotatable bonds is 4. The molecule has 0 aliphatic heterocycles. The summed E-state index contributed by atoms with van der Waals surface area (Å²) in [5.74, 6) is 1.03. The van der Waals surface area contributed by atoms with E-state index in [9.17, 15) is 0 Å². The molecule has 0 bridgehead atoms. The summed E-state index contributed by atoms with van der Waals surface area (Å²) in [5, 5.41) is 10.7. The van der Waals surface area contributed by atoms with Crippen molar-refractivity contribution in [3.63, 3.8) is 0 Å². The molecule has 2 radical (unpaired) electrons. The van der Waals surface area contributed by atoms with Crippen LogP contribution in [0.1, 0.15) is 50.7 Å². The van der Waals surface area contributed by atoms with Crippen LogP contribution in [-0.4, -0.2) is 9.52 Å². The van der Waals surface area contributed by atoms with Gasteiger partial charge in [0.25, 0.3) is 0 Å². The molecule has 0 saturated heterocycles. The average Bonchev–Trinajstić information content (AvgIpc) is 3.68. The summed E-state index contributed by atoms with van der Waals surface area (Å²) in [6.45, 7) is 13.4. The van der Waals surface area contributed by atoms with Gasteiger partial charge in [0.15, 0.2) is 0 Å². The molecule has 0 fully saturated rings. The summed E-state index contributed by atoms with van der Waals surface area (Å²) in [7, 11) is 1.08. The zero-order chi connectivity index (χ0) is 32.9. The quantitative estimate of drug-likeness (QED) is 0.126. The minimum absolute atomic E-state index is 0. The topological polar surface area (TPSA) is 0 Å². The first-order valence-corrected chi connectivity index (χ1v) is 18.8. The van der Waals surface area contributed by atoms with Crippen LogP contribution in [0.25, 0.3) is 65.3 Å². The maximum Gasteiger partial charge on any atom is 2.00 e. The minimum Gasteiger partial charge on any atom is -0.149 e. The van der Waals surface area contributed by atoms with Gasteiger partial charge in [0.05, 0.1) is 0 Å². The fourth-order valence-corrected chi connectivity index (χ4v) is 6.89. The predicted molar refractivity (Wildman–Crippen MR) is 211 cm³/mol. The molecule has 48 heavy (non-hydrogen) atoms. The van der Waals surface area contributed by atoms with E-state index in [1.54, 1.807) is 0 Å². The van der Waals surface area contributed by atoms with Crippen molar-refractivity contribution in [1.82, 2.24) is 0 Å². The van der Waals surface area contributed by atoms with Crippen molar-refractivity contribution in [2.75, 3.05) is 0 Å². The van der Waals surface area contributed by atoms with Crippen LogP contribution >= 0.6 is 0 Å². The second-order valence-corrected chi connectivity index (χ2v) is 14.0. The smallest absolute Gasteiger partial charge is 0.149 e. The van der Waals surface area contributed by atoms with Gasteiger partial charge in [0, 0.05) is 9.52 Å². The van der Waals surface area contributed by atoms with E-state index in [0.29, 0.717) is 11.8 Å². The third kappa shape index (κ3) is 7.12. The van der Waals surface area contributed by atoms with Crippen LogP contribution < -0.4 is 0 Å². The van der Waals surface area contributed by atoms with Crippen LogP contribution in [0.3, 0.4) is 0 Å². The summed E-state index contributed by atoms with van der Waals surface area (Å²) in [5.41, 5.74) is 8.39. The zero-order valence-corrected chi connectivity index (χ0v) is 32.5. The molecular weight excluding hydrogens is 672 g/mol. The van der Waals surface area contributed by atoms with Crippen LogP contribution in [0.2, 0.25) is 13.1 Å². The van der Waals surface area contributed by atoms with Gasteiger partial charge < -0.3 is 0 Å². The molecule has 0 aliphatic rings. The van der Waals surface area contributed by atoms with Gasteiger partial charge >= 0.3 is 26.2 Å². The molecule has 8 rings (SSSR count). The van der Waals surface area contributed by atoms with E-state index in [4.69, 9.17) is 0 Å². The first kappa shape index (κ1) is 35.5. The van der Waals surface area contributed by atoms with Crippen molar-refractivity contribution in [3.8, 4) is 22.3 Å². The van der Waals surface area contributed by atoms with Gasteiger partial charge in [-0.1, -0.05) is 149 Å². The molecule has 0 saturated carbocycles. The van der Waals surface area contributed by atoms with Crippen molar-refractivity contribution in [2.24, 2.45) is 0 Å². The maximum atomic E-state index is 2.36. The van der Waals surface area contributed by atoms with E-state index in [2.05, 4.69) is 186 Å². The molecule has 0 spiro atoms. The van der Waals surface area contributed by atoms with Crippen LogP contribution in [0.4, 0.5) is 0 Å². The van der Waals surface area contributed by atoms with Crippen molar-refractivity contribution in [2.45, 2.75) is 52.6 Å². The molecule has 236 valence electrons. The Morgan fingerprint density at radius 3 is 1.10 bits per heavy atom. The fourth-order valence-electron chi connectivity index (χ4n) is 6.89. The Morgan fingerprint density at radius 1 is 0.417 bits per heavy atom. The van der Waals surface area contributed by atoms with E-state index in [1.165, 1.54) is 76.5 Å². The number of hydrogen-bond donors (Lipinski definition) is 0. The standard InChI is InChI=1S/2C22H19.C2H6Si.Zr/c2*1-15(2)21-14-17-9-4-6-12-19(17)22(21)20-13-7-10-16-8-3-5-11-18(16)20;1-3-2;/h2*3-15H,1-2H3;1-2H3;/q2*-1;;+2. The van der Waals surface area contributed by atoms with Gasteiger partial charge in [-0.2, -0.15) is 0 Å². The van der Waals surface area contributed by atoms with Gasteiger partial charge in [0.1, 0.15) is 0 Å². The molecule has 0 heterocycles. The van der Waals surface area contributed by atoms with E-state index in [0.717, 1.165) is 9.52 Å². The molecule has 0 N–H and O–H groups in total. The molecule has 0 nitrogen and oxygen atoms in total. The third-order valence-corrected chi connectivity index (χ3v) is 9.02. The first-order chi connectivity index (χ1) is 22.9. The van der Waals surface area contributed by atoms with Crippen molar-refractivity contribution in [3.05, 3.63) is 157 Å². The number of benzene rings is 6. The van der Waals surface area contributed by atoms with Gasteiger partial charge in [-0.3, -0.25) is 0 Å². The Bertz CT molecular complexity index is 2090. The molecule has 0 aromatic heterocycles. The molecule has 2 heteroatoms. The Hall–Kier alpha value is -3.84. The third-order valence-electron chi connectivity index (χ3n) is 9.02. The summed E-state index contributed by atoms with van der Waals surface area (Å²) in [6.07, 6.45) is 0. The monoisotopic (exact) mass is 714 g/mol. The minimum atomic E-state index is 0. The maximum absolute atomic E-state index is 2.36. The summed E-state index contributed by atoms with van der Waals surface area (Å²) >= 11 is 0. The Morgan fingerprint density at radius 2 is 0.729 bits per heavy atom. The Labute approximate surface area is 308 Å². The van der Waals surface area contributed by atoms with E-state index in [1.807, 2.05) is 0 Å². The zero-order valence-electron chi connectivity index (χ0n) is 29.0. The molecule has 8 aromatic carbocycles. The molecular formula is C46H44SiZr. The Kier molecular flexibility index (Phi) is 11.9. The summed E-state index contributed by atoms with van der Waals surface area (Å²) in [6, 6.07) is 52.8. The van der Waals surface area contributed by atoms with Gasteiger partial charge in [-0.15, -0.1) is 92.3 Å². The van der Waals surface area contributed by atoms with Crippen LogP contribution in [-0.2, 0) is 26.2 Å². The van der Waals surface area contributed by atoms with Gasteiger partial charge in [-0.25, -0.2) is 0 Å². The van der Waals surface area contributed by atoms with E-state index < -0.39 is 0 Å². The second kappa shape index (κ2) is 16.0. The Balaban J connectivity index is 0.000000171. The number of fused-ring (bicyclic) bond motifs is 4. The van der Waals surface area contributed by atoms with Gasteiger partial charge in [-0.05, 0) is 33.4 Å². The predicted octanol–water partition coefficient (Wildman–Crippen LogP) is 13.8. The fraction of sp³-hybridized carbons (Fsp3) is 0.174. The summed E-state index contributed by atoms with van der Waals surface area (Å²) in [4.78, 5) is 0. The van der Waals surface area contributed by atoms with Crippen molar-refractivity contribution >= 4 is 52.6 Å². The molecule has 0 amide bonds. The van der Waals surface area contributed by atoms with E-state index in [-0.39, 0.29) is 26.2 Å². The van der Waals surface area contributed by atoms with Crippen molar-refractivity contribution in [1.29, 1.82) is 0 Å². The molecule has 0 unspecified atom stereocenters. The number of hydrogen-bond acceptors (Lipinski definition) is 0. The summed E-state index contributed by atoms with van der Waals surface area (Å²) < 4.78 is 0. The van der Waals surface area contributed by atoms with Gasteiger partial charge in [0.2, 0.25) is 0 Å². The van der Waals surface area contributed by atoms with Crippen molar-refractivity contribution < 1.29 is 26.2 Å². The molecule has 0 atom stereocenters.